The van der Waals surface area contributed by atoms with Crippen molar-refractivity contribution >= 4 is 17.8 Å². The van der Waals surface area contributed by atoms with Gasteiger partial charge in [0.15, 0.2) is 0 Å². The van der Waals surface area contributed by atoms with Gasteiger partial charge < -0.3 is 9.80 Å². The minimum absolute atomic E-state index is 0.108. The number of imide groups is 1. The summed E-state index contributed by atoms with van der Waals surface area (Å²) in [5, 5.41) is 0. The summed E-state index contributed by atoms with van der Waals surface area (Å²) in [5.41, 5.74) is 0. The number of carbonyl (C=O) groups excluding carboxylic acids is 3. The summed E-state index contributed by atoms with van der Waals surface area (Å²) in [4.78, 5) is 41.1. The number of hydrogen-bond acceptors (Lipinski definition) is 3. The largest absolute Gasteiger partial charge is 0.341 e. The molecule has 0 aromatic heterocycles. The topological polar surface area (TPSA) is 60.9 Å². The van der Waals surface area contributed by atoms with Crippen LogP contribution in [0.1, 0.15) is 45.4 Å². The van der Waals surface area contributed by atoms with Gasteiger partial charge in [-0.1, -0.05) is 6.92 Å². The fourth-order valence-electron chi connectivity index (χ4n) is 3.47. The third kappa shape index (κ3) is 2.96. The van der Waals surface area contributed by atoms with Gasteiger partial charge in [-0.05, 0) is 44.4 Å². The molecule has 6 heteroatoms. The van der Waals surface area contributed by atoms with Crippen LogP contribution in [0.2, 0.25) is 0 Å². The molecule has 3 rings (SSSR count). The highest BCUT2D eigenvalue weighted by atomic mass is 16.2. The molecule has 122 valence electrons. The van der Waals surface area contributed by atoms with Crippen LogP contribution in [0.4, 0.5) is 4.79 Å². The number of hydrogen-bond donors (Lipinski definition) is 0. The lowest BCUT2D eigenvalue weighted by molar-refractivity contribution is -0.137. The minimum Gasteiger partial charge on any atom is -0.341 e. The van der Waals surface area contributed by atoms with Crippen LogP contribution < -0.4 is 0 Å². The first-order valence-electron chi connectivity index (χ1n) is 8.34. The Hall–Kier alpha value is -1.59. The zero-order chi connectivity index (χ0) is 15.9. The van der Waals surface area contributed by atoms with Crippen molar-refractivity contribution in [1.29, 1.82) is 0 Å². The van der Waals surface area contributed by atoms with E-state index in [0.717, 1.165) is 49.3 Å². The summed E-state index contributed by atoms with van der Waals surface area (Å²) < 4.78 is 0. The second-order valence-electron chi connectivity index (χ2n) is 7.04. The Balaban J connectivity index is 1.56. The lowest BCUT2D eigenvalue weighted by atomic mass is 9.87. The molecule has 0 N–H and O–H groups in total. The van der Waals surface area contributed by atoms with E-state index in [1.807, 2.05) is 0 Å². The molecule has 0 bridgehead atoms. The van der Waals surface area contributed by atoms with Crippen molar-refractivity contribution in [1.82, 2.24) is 14.7 Å². The van der Waals surface area contributed by atoms with Gasteiger partial charge in [0.25, 0.3) is 5.91 Å². The molecule has 0 unspecified atom stereocenters. The lowest BCUT2D eigenvalue weighted by Gasteiger charge is -2.34. The van der Waals surface area contributed by atoms with Crippen molar-refractivity contribution in [3.05, 3.63) is 0 Å². The molecule has 0 aromatic carbocycles. The first-order chi connectivity index (χ1) is 10.5. The molecule has 2 saturated carbocycles. The van der Waals surface area contributed by atoms with Crippen LogP contribution in [0.25, 0.3) is 0 Å². The van der Waals surface area contributed by atoms with Gasteiger partial charge in [-0.3, -0.25) is 14.5 Å². The van der Waals surface area contributed by atoms with E-state index in [-0.39, 0.29) is 43.0 Å². The summed E-state index contributed by atoms with van der Waals surface area (Å²) in [7, 11) is 1.80. The van der Waals surface area contributed by atoms with Crippen molar-refractivity contribution in [3.8, 4) is 0 Å². The van der Waals surface area contributed by atoms with E-state index in [1.165, 1.54) is 0 Å². The zero-order valence-electron chi connectivity index (χ0n) is 13.5. The van der Waals surface area contributed by atoms with Crippen LogP contribution >= 0.6 is 0 Å². The minimum atomic E-state index is -0.286. The Morgan fingerprint density at radius 1 is 1.14 bits per heavy atom. The first-order valence-corrected chi connectivity index (χ1v) is 8.34. The fraction of sp³-hybridized carbons (Fsp3) is 0.812. The van der Waals surface area contributed by atoms with Crippen molar-refractivity contribution in [2.75, 3.05) is 20.1 Å². The number of urea groups is 1. The van der Waals surface area contributed by atoms with Crippen LogP contribution in [-0.2, 0) is 9.59 Å². The predicted molar refractivity (Wildman–Crippen MR) is 81.0 cm³/mol. The Kier molecular flexibility index (Phi) is 4.10. The van der Waals surface area contributed by atoms with E-state index in [4.69, 9.17) is 0 Å². The molecule has 4 amide bonds. The number of likely N-dealkylation sites (N-methyl/N-ethyl adjacent to an activating group) is 1. The van der Waals surface area contributed by atoms with Gasteiger partial charge in [0.1, 0.15) is 13.1 Å². The zero-order valence-corrected chi connectivity index (χ0v) is 13.5. The summed E-state index contributed by atoms with van der Waals surface area (Å²) in [5.74, 6) is 0.364. The van der Waals surface area contributed by atoms with E-state index < -0.39 is 0 Å². The van der Waals surface area contributed by atoms with Crippen LogP contribution in [0, 0.1) is 5.92 Å². The highest BCUT2D eigenvalue weighted by Crippen LogP contribution is 2.30. The molecule has 6 nitrogen and oxygen atoms in total. The van der Waals surface area contributed by atoms with Crippen LogP contribution in [0.15, 0.2) is 0 Å². The van der Waals surface area contributed by atoms with Crippen LogP contribution in [0.5, 0.6) is 0 Å². The van der Waals surface area contributed by atoms with E-state index in [2.05, 4.69) is 6.92 Å². The van der Waals surface area contributed by atoms with E-state index in [1.54, 1.807) is 16.8 Å². The predicted octanol–water partition coefficient (Wildman–Crippen LogP) is 1.45. The van der Waals surface area contributed by atoms with Crippen molar-refractivity contribution in [2.24, 2.45) is 5.92 Å². The van der Waals surface area contributed by atoms with Crippen molar-refractivity contribution < 1.29 is 14.4 Å². The number of carbonyl (C=O) groups is 3. The van der Waals surface area contributed by atoms with Gasteiger partial charge in [0, 0.05) is 19.1 Å². The highest BCUT2D eigenvalue weighted by Gasteiger charge is 2.44. The molecule has 22 heavy (non-hydrogen) atoms. The van der Waals surface area contributed by atoms with Gasteiger partial charge in [-0.2, -0.15) is 0 Å². The maximum Gasteiger partial charge on any atom is 0.327 e. The summed E-state index contributed by atoms with van der Waals surface area (Å²) in [6.07, 6.45) is 6.25. The third-order valence-electron chi connectivity index (χ3n) is 5.29. The van der Waals surface area contributed by atoms with E-state index in [0.29, 0.717) is 0 Å². The lowest BCUT2D eigenvalue weighted by Crippen LogP contribution is -2.46. The third-order valence-corrected chi connectivity index (χ3v) is 5.29. The van der Waals surface area contributed by atoms with Crippen LogP contribution in [-0.4, -0.2) is 64.8 Å². The Bertz CT molecular complexity index is 481. The molecule has 2 aliphatic carbocycles. The fourth-order valence-corrected chi connectivity index (χ4v) is 3.47. The van der Waals surface area contributed by atoms with Gasteiger partial charge in [0.05, 0.1) is 0 Å². The Morgan fingerprint density at radius 2 is 1.77 bits per heavy atom. The maximum absolute atomic E-state index is 12.4. The monoisotopic (exact) mass is 307 g/mol. The second-order valence-corrected chi connectivity index (χ2v) is 7.04. The van der Waals surface area contributed by atoms with Gasteiger partial charge in [-0.15, -0.1) is 0 Å². The Labute approximate surface area is 131 Å². The average molecular weight is 307 g/mol. The summed E-state index contributed by atoms with van der Waals surface area (Å²) >= 11 is 0. The van der Waals surface area contributed by atoms with E-state index in [9.17, 15) is 14.4 Å². The summed E-state index contributed by atoms with van der Waals surface area (Å²) in [6, 6.07) is 0.177. The number of amides is 4. The Morgan fingerprint density at radius 3 is 2.36 bits per heavy atom. The molecule has 3 aliphatic rings. The molecule has 1 saturated heterocycles. The molecule has 0 atom stereocenters. The van der Waals surface area contributed by atoms with Crippen molar-refractivity contribution in [3.63, 3.8) is 0 Å². The quantitative estimate of drug-likeness (QED) is 0.739. The molecule has 1 aliphatic heterocycles. The van der Waals surface area contributed by atoms with Gasteiger partial charge >= 0.3 is 6.03 Å². The molecule has 1 heterocycles. The molecular weight excluding hydrogens is 282 g/mol. The maximum atomic E-state index is 12.4. The molecular formula is C16H25N3O3. The molecule has 3 fully saturated rings. The average Bonchev–Trinajstić information content (AvgIpc) is 3.30. The molecule has 0 spiro atoms. The standard InChI is InChI=1S/C16H25N3O3/c1-11-3-5-12(6-4-11)17(2)14(20)9-19-15(21)10-18(16(19)22)13-7-8-13/h11-13H,3-10H2,1-2H3. The second kappa shape index (κ2) is 5.89. The van der Waals surface area contributed by atoms with E-state index >= 15 is 0 Å². The first kappa shape index (κ1) is 15.3. The van der Waals surface area contributed by atoms with Crippen LogP contribution in [0.3, 0.4) is 0 Å². The van der Waals surface area contributed by atoms with Gasteiger partial charge in [-0.25, -0.2) is 4.79 Å². The smallest absolute Gasteiger partial charge is 0.327 e. The molecule has 0 radical (unpaired) electrons. The van der Waals surface area contributed by atoms with Gasteiger partial charge in [0.2, 0.25) is 5.91 Å². The number of rotatable bonds is 4. The molecule has 0 aromatic rings. The highest BCUT2D eigenvalue weighted by molar-refractivity contribution is 6.04. The normalized spacial score (nSPS) is 29.2. The number of nitrogens with zero attached hydrogens (tertiary/aromatic N) is 3. The summed E-state index contributed by atoms with van der Waals surface area (Å²) in [6.45, 7) is 2.27. The van der Waals surface area contributed by atoms with Crippen molar-refractivity contribution in [2.45, 2.75) is 57.5 Å². The SMILES string of the molecule is CC1CCC(N(C)C(=O)CN2C(=O)CN(C3CC3)C2=O)CC1.